The van der Waals surface area contributed by atoms with Crippen molar-refractivity contribution in [1.82, 2.24) is 9.97 Å². The van der Waals surface area contributed by atoms with Gasteiger partial charge in [-0.3, -0.25) is 4.79 Å². The molecule has 0 saturated heterocycles. The summed E-state index contributed by atoms with van der Waals surface area (Å²) in [6.07, 6.45) is 2.33. The molecule has 0 spiro atoms. The molecule has 0 radical (unpaired) electrons. The van der Waals surface area contributed by atoms with Gasteiger partial charge in [-0.2, -0.15) is 11.3 Å². The van der Waals surface area contributed by atoms with E-state index >= 15 is 0 Å². The van der Waals surface area contributed by atoms with E-state index in [2.05, 4.69) is 9.97 Å². The maximum absolute atomic E-state index is 10.5. The van der Waals surface area contributed by atoms with Crippen LogP contribution in [0, 0.1) is 6.92 Å². The average Bonchev–Trinajstić information content (AvgIpc) is 2.65. The minimum Gasteiger partial charge on any atom is -0.296 e. The van der Waals surface area contributed by atoms with E-state index in [-0.39, 0.29) is 0 Å². The fraction of sp³-hybridized carbons (Fsp3) is 0.100. The number of carbonyl (C=O) groups is 1. The third-order valence-corrected chi connectivity index (χ3v) is 2.76. The van der Waals surface area contributed by atoms with Crippen LogP contribution in [-0.4, -0.2) is 16.3 Å². The predicted octanol–water partition coefficient (Wildman–Crippen LogP) is 2.33. The van der Waals surface area contributed by atoms with Crippen molar-refractivity contribution in [2.75, 3.05) is 0 Å². The second-order valence-corrected chi connectivity index (χ2v) is 3.64. The molecule has 4 heteroatoms. The van der Waals surface area contributed by atoms with Gasteiger partial charge in [-0.1, -0.05) is 0 Å². The summed E-state index contributed by atoms with van der Waals surface area (Å²) in [4.78, 5) is 18.8. The van der Waals surface area contributed by atoms with Crippen LogP contribution >= 0.6 is 11.3 Å². The number of carbonyl (C=O) groups excluding carboxylic acids is 1. The zero-order valence-corrected chi connectivity index (χ0v) is 8.41. The fourth-order valence-electron chi connectivity index (χ4n) is 1.16. The molecule has 0 amide bonds. The van der Waals surface area contributed by atoms with E-state index in [0.29, 0.717) is 11.5 Å². The molecule has 70 valence electrons. The van der Waals surface area contributed by atoms with Gasteiger partial charge >= 0.3 is 0 Å². The summed E-state index contributed by atoms with van der Waals surface area (Å²) < 4.78 is 0. The number of aldehydes is 1. The van der Waals surface area contributed by atoms with Gasteiger partial charge in [0, 0.05) is 17.1 Å². The molecule has 0 atom stereocenters. The Morgan fingerprint density at radius 2 is 2.29 bits per heavy atom. The van der Waals surface area contributed by atoms with Crippen LogP contribution in [-0.2, 0) is 0 Å². The molecule has 2 aromatic rings. The van der Waals surface area contributed by atoms with Crippen molar-refractivity contribution in [3.8, 4) is 11.4 Å². The molecule has 0 saturated carbocycles. The number of rotatable bonds is 2. The average molecular weight is 204 g/mol. The van der Waals surface area contributed by atoms with E-state index in [1.807, 2.05) is 17.7 Å². The molecule has 2 rings (SSSR count). The molecular weight excluding hydrogens is 196 g/mol. The highest BCUT2D eigenvalue weighted by molar-refractivity contribution is 7.08. The van der Waals surface area contributed by atoms with E-state index in [9.17, 15) is 4.79 Å². The smallest absolute Gasteiger partial charge is 0.168 e. The van der Waals surface area contributed by atoms with Gasteiger partial charge in [-0.05, 0) is 23.9 Å². The van der Waals surface area contributed by atoms with E-state index in [1.165, 1.54) is 0 Å². The number of aromatic nitrogens is 2. The van der Waals surface area contributed by atoms with Crippen molar-refractivity contribution in [1.29, 1.82) is 0 Å². The van der Waals surface area contributed by atoms with Crippen molar-refractivity contribution in [2.45, 2.75) is 6.92 Å². The van der Waals surface area contributed by atoms with Gasteiger partial charge in [0.2, 0.25) is 0 Å². The lowest BCUT2D eigenvalue weighted by Gasteiger charge is -1.98. The van der Waals surface area contributed by atoms with Gasteiger partial charge < -0.3 is 0 Å². The van der Waals surface area contributed by atoms with Crippen LogP contribution < -0.4 is 0 Å². The van der Waals surface area contributed by atoms with Crippen molar-refractivity contribution in [3.05, 3.63) is 34.3 Å². The van der Waals surface area contributed by atoms with Gasteiger partial charge in [-0.25, -0.2) is 9.97 Å². The molecule has 0 aliphatic heterocycles. The van der Waals surface area contributed by atoms with Crippen molar-refractivity contribution in [3.63, 3.8) is 0 Å². The Morgan fingerprint density at radius 3 is 2.93 bits per heavy atom. The summed E-state index contributed by atoms with van der Waals surface area (Å²) in [5.41, 5.74) is 2.55. The largest absolute Gasteiger partial charge is 0.296 e. The molecule has 2 aromatic heterocycles. The quantitative estimate of drug-likeness (QED) is 0.705. The van der Waals surface area contributed by atoms with E-state index < -0.39 is 0 Å². The van der Waals surface area contributed by atoms with Gasteiger partial charge in [-0.15, -0.1) is 0 Å². The van der Waals surface area contributed by atoms with E-state index in [4.69, 9.17) is 0 Å². The molecule has 0 aliphatic carbocycles. The first kappa shape index (κ1) is 9.02. The highest BCUT2D eigenvalue weighted by Gasteiger charge is 2.05. The van der Waals surface area contributed by atoms with E-state index in [1.54, 1.807) is 23.6 Å². The zero-order chi connectivity index (χ0) is 9.97. The number of hydrogen-bond donors (Lipinski definition) is 0. The fourth-order valence-corrected chi connectivity index (χ4v) is 1.98. The highest BCUT2D eigenvalue weighted by Crippen LogP contribution is 2.23. The number of nitrogens with zero attached hydrogens (tertiary/aromatic N) is 2. The summed E-state index contributed by atoms with van der Waals surface area (Å²) in [5, 5.41) is 4.02. The Hall–Kier alpha value is -1.55. The van der Waals surface area contributed by atoms with Crippen LogP contribution in [0.15, 0.2) is 23.0 Å². The minimum atomic E-state index is 0.417. The van der Waals surface area contributed by atoms with Gasteiger partial charge in [0.1, 0.15) is 5.69 Å². The lowest BCUT2D eigenvalue weighted by molar-refractivity contribution is 0.111. The Kier molecular flexibility index (Phi) is 2.37. The second-order valence-electron chi connectivity index (χ2n) is 2.89. The standard InChI is InChI=1S/C10H8N2OS/c1-7-5-14-6-9(7)10-11-3-2-8(4-13)12-10/h2-6H,1H3. The molecule has 0 bridgehead atoms. The Bertz CT molecular complexity index is 465. The Balaban J connectivity index is 2.52. The Labute approximate surface area is 85.5 Å². The van der Waals surface area contributed by atoms with Crippen molar-refractivity contribution >= 4 is 17.6 Å². The topological polar surface area (TPSA) is 42.9 Å². The van der Waals surface area contributed by atoms with Crippen LogP contribution in [0.1, 0.15) is 16.1 Å². The van der Waals surface area contributed by atoms with Crippen LogP contribution in [0.25, 0.3) is 11.4 Å². The summed E-state index contributed by atoms with van der Waals surface area (Å²) in [7, 11) is 0. The Morgan fingerprint density at radius 1 is 1.43 bits per heavy atom. The summed E-state index contributed by atoms with van der Waals surface area (Å²) >= 11 is 1.61. The number of hydrogen-bond acceptors (Lipinski definition) is 4. The first-order valence-corrected chi connectivity index (χ1v) is 5.07. The number of thiophene rings is 1. The molecule has 14 heavy (non-hydrogen) atoms. The third kappa shape index (κ3) is 1.56. The molecule has 0 unspecified atom stereocenters. The molecule has 3 nitrogen and oxygen atoms in total. The molecule has 2 heterocycles. The maximum Gasteiger partial charge on any atom is 0.168 e. The van der Waals surface area contributed by atoms with Crippen LogP contribution in [0.2, 0.25) is 0 Å². The van der Waals surface area contributed by atoms with E-state index in [0.717, 1.165) is 17.4 Å². The van der Waals surface area contributed by atoms with Gasteiger partial charge in [0.05, 0.1) is 0 Å². The van der Waals surface area contributed by atoms with Crippen molar-refractivity contribution in [2.24, 2.45) is 0 Å². The molecule has 0 aromatic carbocycles. The van der Waals surface area contributed by atoms with Gasteiger partial charge in [0.25, 0.3) is 0 Å². The molecule has 0 N–H and O–H groups in total. The third-order valence-electron chi connectivity index (χ3n) is 1.89. The SMILES string of the molecule is Cc1cscc1-c1nccc(C=O)n1. The monoisotopic (exact) mass is 204 g/mol. The summed E-state index contributed by atoms with van der Waals surface area (Å²) in [5.74, 6) is 0.619. The summed E-state index contributed by atoms with van der Waals surface area (Å²) in [6.45, 7) is 2.00. The first-order chi connectivity index (χ1) is 6.81. The van der Waals surface area contributed by atoms with Gasteiger partial charge in [0.15, 0.2) is 12.1 Å². The lowest BCUT2D eigenvalue weighted by Crippen LogP contribution is -1.93. The zero-order valence-electron chi connectivity index (χ0n) is 7.60. The minimum absolute atomic E-state index is 0.417. The van der Waals surface area contributed by atoms with Crippen LogP contribution in [0.4, 0.5) is 0 Å². The highest BCUT2D eigenvalue weighted by atomic mass is 32.1. The second kappa shape index (κ2) is 3.67. The number of aryl methyl sites for hydroxylation is 1. The lowest BCUT2D eigenvalue weighted by atomic mass is 10.2. The predicted molar refractivity (Wildman–Crippen MR) is 55.5 cm³/mol. The van der Waals surface area contributed by atoms with Crippen LogP contribution in [0.5, 0.6) is 0 Å². The van der Waals surface area contributed by atoms with Crippen molar-refractivity contribution < 1.29 is 4.79 Å². The molecule has 0 fully saturated rings. The summed E-state index contributed by atoms with van der Waals surface area (Å²) in [6, 6.07) is 1.60. The van der Waals surface area contributed by atoms with Crippen LogP contribution in [0.3, 0.4) is 0 Å². The molecular formula is C10H8N2OS. The maximum atomic E-state index is 10.5. The normalized spacial score (nSPS) is 10.1. The molecule has 0 aliphatic rings. The first-order valence-electron chi connectivity index (χ1n) is 4.12.